The molecule has 3 nitrogen and oxygen atoms in total. The molecule has 0 fully saturated rings. The van der Waals surface area contributed by atoms with Crippen molar-refractivity contribution in [3.8, 4) is 0 Å². The third-order valence-electron chi connectivity index (χ3n) is 2.76. The molecule has 3 rings (SSSR count). The molecule has 0 atom stereocenters. The number of hydrogen-bond acceptors (Lipinski definition) is 5. The van der Waals surface area contributed by atoms with Crippen LogP contribution in [0, 0.1) is 6.92 Å². The predicted octanol–water partition coefficient (Wildman–Crippen LogP) is 3.96. The summed E-state index contributed by atoms with van der Waals surface area (Å²) in [5.41, 5.74) is 4.27. The molecule has 0 amide bonds. The molecule has 3 aromatic heterocycles. The van der Waals surface area contributed by atoms with Crippen molar-refractivity contribution >= 4 is 44.7 Å². The zero-order valence-corrected chi connectivity index (χ0v) is 11.8. The Kier molecular flexibility index (Phi) is 3.23. The summed E-state index contributed by atoms with van der Waals surface area (Å²) >= 11 is 3.12. The minimum atomic E-state index is -0.0319. The molecule has 3 heterocycles. The van der Waals surface area contributed by atoms with Crippen molar-refractivity contribution in [1.29, 1.82) is 0 Å². The minimum absolute atomic E-state index is 0.0319. The number of nitrogens with zero attached hydrogens (tertiary/aromatic N) is 2. The van der Waals surface area contributed by atoms with Crippen LogP contribution in [0.3, 0.4) is 0 Å². The Balaban J connectivity index is 1.87. The van der Waals surface area contributed by atoms with E-state index in [-0.39, 0.29) is 5.78 Å². The van der Waals surface area contributed by atoms with Crippen LogP contribution >= 0.6 is 22.7 Å². The molecule has 0 aromatic carbocycles. The molecule has 0 aliphatic carbocycles. The Bertz CT molecular complexity index is 770. The summed E-state index contributed by atoms with van der Waals surface area (Å²) in [6.45, 7) is 1.93. The van der Waals surface area contributed by atoms with Gasteiger partial charge in [-0.05, 0) is 36.6 Å². The van der Waals surface area contributed by atoms with Gasteiger partial charge in [0.2, 0.25) is 0 Å². The van der Waals surface area contributed by atoms with Crippen LogP contribution < -0.4 is 0 Å². The highest BCUT2D eigenvalue weighted by Gasteiger charge is 2.05. The molecule has 0 unspecified atom stereocenters. The van der Waals surface area contributed by atoms with Gasteiger partial charge in [-0.2, -0.15) is 0 Å². The maximum atomic E-state index is 12.1. The predicted molar refractivity (Wildman–Crippen MR) is 79.8 cm³/mol. The molecular formula is C14H10N2OS2. The molecular weight excluding hydrogens is 276 g/mol. The molecule has 0 radical (unpaired) electrons. The second kappa shape index (κ2) is 5.03. The van der Waals surface area contributed by atoms with Crippen LogP contribution in [0.1, 0.15) is 20.9 Å². The summed E-state index contributed by atoms with van der Waals surface area (Å²) in [6, 6.07) is 3.84. The summed E-state index contributed by atoms with van der Waals surface area (Å²) in [4.78, 5) is 21.5. The van der Waals surface area contributed by atoms with Gasteiger partial charge in [0.05, 0.1) is 21.4 Å². The lowest BCUT2D eigenvalue weighted by Crippen LogP contribution is -1.94. The first kappa shape index (κ1) is 12.2. The molecule has 0 saturated carbocycles. The van der Waals surface area contributed by atoms with E-state index in [1.807, 2.05) is 30.5 Å². The molecule has 0 aliphatic rings. The molecule has 94 valence electrons. The van der Waals surface area contributed by atoms with Crippen LogP contribution in [0.25, 0.3) is 16.3 Å². The second-order valence-electron chi connectivity index (χ2n) is 4.03. The number of pyridine rings is 1. The van der Waals surface area contributed by atoms with Crippen molar-refractivity contribution in [2.24, 2.45) is 0 Å². The Morgan fingerprint density at radius 2 is 2.21 bits per heavy atom. The number of rotatable bonds is 3. The second-order valence-corrected chi connectivity index (χ2v) is 5.86. The quantitative estimate of drug-likeness (QED) is 0.540. The highest BCUT2D eigenvalue weighted by atomic mass is 32.1. The number of carbonyl (C=O) groups excluding carboxylic acids is 1. The number of thiazole rings is 1. The maximum Gasteiger partial charge on any atom is 0.187 e. The van der Waals surface area contributed by atoms with Crippen LogP contribution in [0.2, 0.25) is 0 Å². The highest BCUT2D eigenvalue weighted by molar-refractivity contribution is 7.17. The van der Waals surface area contributed by atoms with Crippen LogP contribution in [0.15, 0.2) is 35.3 Å². The lowest BCUT2D eigenvalue weighted by Gasteiger charge is -1.95. The van der Waals surface area contributed by atoms with Gasteiger partial charge in [-0.3, -0.25) is 9.78 Å². The van der Waals surface area contributed by atoms with Crippen molar-refractivity contribution in [2.75, 3.05) is 0 Å². The van der Waals surface area contributed by atoms with Crippen LogP contribution in [-0.2, 0) is 0 Å². The molecule has 5 heteroatoms. The third-order valence-corrected chi connectivity index (χ3v) is 4.51. The van der Waals surface area contributed by atoms with Gasteiger partial charge in [-0.25, -0.2) is 4.98 Å². The molecule has 0 aliphatic heterocycles. The van der Waals surface area contributed by atoms with Crippen LogP contribution in [-0.4, -0.2) is 15.8 Å². The average molecular weight is 286 g/mol. The summed E-state index contributed by atoms with van der Waals surface area (Å²) in [5.74, 6) is -0.0319. The first-order valence-corrected chi connectivity index (χ1v) is 7.46. The van der Waals surface area contributed by atoms with E-state index in [4.69, 9.17) is 0 Å². The molecule has 19 heavy (non-hydrogen) atoms. The molecule has 0 spiro atoms. The Morgan fingerprint density at radius 3 is 3.00 bits per heavy atom. The maximum absolute atomic E-state index is 12.1. The fraction of sp³-hybridized carbons (Fsp3) is 0.0714. The summed E-state index contributed by atoms with van der Waals surface area (Å²) in [6.07, 6.45) is 5.02. The largest absolute Gasteiger partial charge is 0.289 e. The fourth-order valence-electron chi connectivity index (χ4n) is 1.70. The van der Waals surface area contributed by atoms with Crippen molar-refractivity contribution in [1.82, 2.24) is 9.97 Å². The van der Waals surface area contributed by atoms with Crippen molar-refractivity contribution in [2.45, 2.75) is 6.92 Å². The SMILES string of the molecule is Cc1ncsc1/C=C/C(=O)c1cnc2ccsc2c1. The fourth-order valence-corrected chi connectivity index (χ4v) is 3.17. The van der Waals surface area contributed by atoms with Crippen LogP contribution in [0.4, 0.5) is 0 Å². The molecule has 0 bridgehead atoms. The zero-order valence-electron chi connectivity index (χ0n) is 10.2. The summed E-state index contributed by atoms with van der Waals surface area (Å²) < 4.78 is 1.04. The highest BCUT2D eigenvalue weighted by Crippen LogP contribution is 2.20. The van der Waals surface area contributed by atoms with E-state index in [2.05, 4.69) is 9.97 Å². The first-order valence-electron chi connectivity index (χ1n) is 5.70. The number of carbonyl (C=O) groups is 1. The zero-order chi connectivity index (χ0) is 13.2. The van der Waals surface area contributed by atoms with E-state index in [1.54, 1.807) is 29.1 Å². The van der Waals surface area contributed by atoms with Crippen molar-refractivity contribution < 1.29 is 4.79 Å². The van der Waals surface area contributed by atoms with E-state index in [0.717, 1.165) is 20.8 Å². The smallest absolute Gasteiger partial charge is 0.187 e. The monoisotopic (exact) mass is 286 g/mol. The minimum Gasteiger partial charge on any atom is -0.289 e. The molecule has 0 N–H and O–H groups in total. The molecule has 0 saturated heterocycles. The van der Waals surface area contributed by atoms with E-state index in [1.165, 1.54) is 11.3 Å². The first-order chi connectivity index (χ1) is 9.24. The van der Waals surface area contributed by atoms with E-state index >= 15 is 0 Å². The average Bonchev–Trinajstić information content (AvgIpc) is 3.03. The molecule has 3 aromatic rings. The number of allylic oxidation sites excluding steroid dienone is 1. The topological polar surface area (TPSA) is 42.9 Å². The van der Waals surface area contributed by atoms with Gasteiger partial charge in [-0.15, -0.1) is 22.7 Å². The number of hydrogen-bond donors (Lipinski definition) is 0. The Morgan fingerprint density at radius 1 is 1.32 bits per heavy atom. The summed E-state index contributed by atoms with van der Waals surface area (Å²) in [5, 5.41) is 1.97. The lowest BCUT2D eigenvalue weighted by atomic mass is 10.1. The van der Waals surface area contributed by atoms with Crippen LogP contribution in [0.5, 0.6) is 0 Å². The van der Waals surface area contributed by atoms with Crippen molar-refractivity contribution in [3.05, 3.63) is 51.4 Å². The van der Waals surface area contributed by atoms with E-state index in [9.17, 15) is 4.79 Å². The van der Waals surface area contributed by atoms with E-state index < -0.39 is 0 Å². The number of aryl methyl sites for hydroxylation is 1. The van der Waals surface area contributed by atoms with Crippen molar-refractivity contribution in [3.63, 3.8) is 0 Å². The summed E-state index contributed by atoms with van der Waals surface area (Å²) in [7, 11) is 0. The number of thiophene rings is 1. The van der Waals surface area contributed by atoms with Gasteiger partial charge in [0.25, 0.3) is 0 Å². The van der Waals surface area contributed by atoms with Gasteiger partial charge in [0.1, 0.15) is 0 Å². The number of ketones is 1. The number of fused-ring (bicyclic) bond motifs is 1. The standard InChI is InChI=1S/C14H10N2OS2/c1-9-13(19-8-16-9)3-2-12(17)10-6-14-11(15-7-10)4-5-18-14/h2-8H,1H3/b3-2+. The van der Waals surface area contributed by atoms with E-state index in [0.29, 0.717) is 5.56 Å². The Labute approximate surface area is 118 Å². The van der Waals surface area contributed by atoms with Gasteiger partial charge in [0, 0.05) is 16.6 Å². The lowest BCUT2D eigenvalue weighted by molar-refractivity contribution is 0.104. The normalized spacial score (nSPS) is 11.4. The number of aromatic nitrogens is 2. The van der Waals surface area contributed by atoms with Gasteiger partial charge in [-0.1, -0.05) is 0 Å². The van der Waals surface area contributed by atoms with Gasteiger partial charge < -0.3 is 0 Å². The van der Waals surface area contributed by atoms with Gasteiger partial charge >= 0.3 is 0 Å². The van der Waals surface area contributed by atoms with Gasteiger partial charge in [0.15, 0.2) is 5.78 Å². The Hall–Kier alpha value is -1.85. The third kappa shape index (κ3) is 2.47.